The Labute approximate surface area is 120 Å². The van der Waals surface area contributed by atoms with Gasteiger partial charge in [0.1, 0.15) is 6.61 Å². The van der Waals surface area contributed by atoms with Crippen LogP contribution >= 0.6 is 0 Å². The Morgan fingerprint density at radius 2 is 1.75 bits per heavy atom. The highest BCUT2D eigenvalue weighted by Gasteiger charge is 2.18. The monoisotopic (exact) mass is 266 g/mol. The Balaban J connectivity index is 2.00. The second-order valence-corrected chi connectivity index (χ2v) is 5.04. The molecule has 0 radical (unpaired) electrons. The van der Waals surface area contributed by atoms with Crippen LogP contribution in [0.1, 0.15) is 18.1 Å². The predicted molar refractivity (Wildman–Crippen MR) is 82.4 cm³/mol. The van der Waals surface area contributed by atoms with E-state index in [0.29, 0.717) is 0 Å². The first-order valence-electron chi connectivity index (χ1n) is 7.22. The highest BCUT2D eigenvalue weighted by Crippen LogP contribution is 2.28. The molecule has 2 aromatic carbocycles. The molecule has 102 valence electrons. The van der Waals surface area contributed by atoms with Crippen molar-refractivity contribution >= 4 is 6.21 Å². The molecule has 2 heteroatoms. The zero-order valence-corrected chi connectivity index (χ0v) is 11.9. The van der Waals surface area contributed by atoms with E-state index >= 15 is 0 Å². The van der Waals surface area contributed by atoms with Gasteiger partial charge in [-0.15, -0.1) is 0 Å². The highest BCUT2D eigenvalue weighted by molar-refractivity contribution is 5.89. The maximum absolute atomic E-state index is 5.49. The van der Waals surface area contributed by atoms with E-state index in [2.05, 4.69) is 59.3 Å². The molecule has 0 atom stereocenters. The third-order valence-corrected chi connectivity index (χ3v) is 3.69. The lowest BCUT2D eigenvalue weighted by Gasteiger charge is -2.06. The van der Waals surface area contributed by atoms with Gasteiger partial charge in [0.15, 0.2) is 19.3 Å². The standard InChI is InChI=1S/C18H20NO/c1-2-20-12-11-19-13-15-7-3-5-9-17(15)18-10-6-4-8-16(18)14-19/h3-10,13H,2,11-12,14H2,1H3/q+1. The van der Waals surface area contributed by atoms with Crippen LogP contribution in [0.15, 0.2) is 48.5 Å². The summed E-state index contributed by atoms with van der Waals surface area (Å²) < 4.78 is 7.84. The summed E-state index contributed by atoms with van der Waals surface area (Å²) in [6, 6.07) is 17.3. The Morgan fingerprint density at radius 1 is 1.00 bits per heavy atom. The summed E-state index contributed by atoms with van der Waals surface area (Å²) >= 11 is 0. The minimum absolute atomic E-state index is 0.775. The molecule has 3 rings (SSSR count). The van der Waals surface area contributed by atoms with Crippen molar-refractivity contribution in [3.8, 4) is 11.1 Å². The van der Waals surface area contributed by atoms with Crippen LogP contribution in [0.4, 0.5) is 0 Å². The molecule has 0 saturated carbocycles. The average molecular weight is 266 g/mol. The molecule has 0 bridgehead atoms. The van der Waals surface area contributed by atoms with E-state index in [1.54, 1.807) is 0 Å². The zero-order valence-electron chi connectivity index (χ0n) is 11.9. The highest BCUT2D eigenvalue weighted by atomic mass is 16.5. The van der Waals surface area contributed by atoms with Gasteiger partial charge in [-0.1, -0.05) is 42.5 Å². The van der Waals surface area contributed by atoms with Gasteiger partial charge in [0.2, 0.25) is 0 Å². The largest absolute Gasteiger partial charge is 0.375 e. The number of rotatable bonds is 4. The lowest BCUT2D eigenvalue weighted by Crippen LogP contribution is -2.18. The maximum Gasteiger partial charge on any atom is 0.171 e. The third-order valence-electron chi connectivity index (χ3n) is 3.69. The normalized spacial score (nSPS) is 13.2. The van der Waals surface area contributed by atoms with Crippen LogP contribution in [-0.4, -0.2) is 30.5 Å². The van der Waals surface area contributed by atoms with Crippen molar-refractivity contribution in [1.82, 2.24) is 0 Å². The van der Waals surface area contributed by atoms with E-state index in [1.807, 2.05) is 6.92 Å². The van der Waals surface area contributed by atoms with Gasteiger partial charge in [-0.3, -0.25) is 0 Å². The fourth-order valence-corrected chi connectivity index (χ4v) is 2.71. The van der Waals surface area contributed by atoms with Crippen molar-refractivity contribution in [2.45, 2.75) is 13.5 Å². The van der Waals surface area contributed by atoms with E-state index in [9.17, 15) is 0 Å². The van der Waals surface area contributed by atoms with Crippen LogP contribution in [0, 0.1) is 0 Å². The maximum atomic E-state index is 5.49. The van der Waals surface area contributed by atoms with Crippen LogP contribution in [0.25, 0.3) is 11.1 Å². The molecule has 0 unspecified atom stereocenters. The van der Waals surface area contributed by atoms with Crippen LogP contribution < -0.4 is 0 Å². The van der Waals surface area contributed by atoms with Crippen molar-refractivity contribution in [2.24, 2.45) is 0 Å². The van der Waals surface area contributed by atoms with Crippen LogP contribution in [0.2, 0.25) is 0 Å². The number of hydrogen-bond donors (Lipinski definition) is 0. The molecule has 0 N–H and O–H groups in total. The Hall–Kier alpha value is -1.93. The average Bonchev–Trinajstić information content (AvgIpc) is 2.64. The van der Waals surface area contributed by atoms with Gasteiger partial charge in [0.25, 0.3) is 0 Å². The van der Waals surface area contributed by atoms with Crippen molar-refractivity contribution < 1.29 is 9.31 Å². The first kappa shape index (κ1) is 13.1. The molecule has 20 heavy (non-hydrogen) atoms. The van der Waals surface area contributed by atoms with Gasteiger partial charge in [-0.25, -0.2) is 4.58 Å². The Morgan fingerprint density at radius 3 is 2.60 bits per heavy atom. The van der Waals surface area contributed by atoms with Crippen molar-refractivity contribution in [3.05, 3.63) is 59.7 Å². The topological polar surface area (TPSA) is 12.2 Å². The summed E-state index contributed by atoms with van der Waals surface area (Å²) in [7, 11) is 0. The lowest BCUT2D eigenvalue weighted by atomic mass is 9.97. The molecule has 1 aliphatic rings. The molecule has 0 aliphatic carbocycles. The van der Waals surface area contributed by atoms with Crippen molar-refractivity contribution in [1.29, 1.82) is 0 Å². The number of fused-ring (bicyclic) bond motifs is 3. The van der Waals surface area contributed by atoms with Gasteiger partial charge in [0.05, 0.1) is 0 Å². The second-order valence-electron chi connectivity index (χ2n) is 5.04. The SMILES string of the molecule is CCOCC[N+]1=Cc2ccccc2-c2ccccc2C1. The molecule has 0 amide bonds. The fourth-order valence-electron chi connectivity index (χ4n) is 2.71. The second kappa shape index (κ2) is 6.02. The molecule has 1 heterocycles. The molecule has 0 aromatic heterocycles. The smallest absolute Gasteiger partial charge is 0.171 e. The van der Waals surface area contributed by atoms with Crippen molar-refractivity contribution in [3.63, 3.8) is 0 Å². The summed E-state index contributed by atoms with van der Waals surface area (Å²) in [5, 5.41) is 0. The van der Waals surface area contributed by atoms with E-state index in [4.69, 9.17) is 4.74 Å². The molecule has 0 spiro atoms. The molecule has 0 fully saturated rings. The quantitative estimate of drug-likeness (QED) is 0.610. The van der Waals surface area contributed by atoms with Gasteiger partial charge in [-0.05, 0) is 24.1 Å². The summed E-state index contributed by atoms with van der Waals surface area (Å²) in [4.78, 5) is 0. The zero-order chi connectivity index (χ0) is 13.8. The van der Waals surface area contributed by atoms with Crippen LogP contribution in [0.5, 0.6) is 0 Å². The van der Waals surface area contributed by atoms with Crippen LogP contribution in [-0.2, 0) is 11.3 Å². The van der Waals surface area contributed by atoms with Gasteiger partial charge in [0, 0.05) is 17.7 Å². The number of ether oxygens (including phenoxy) is 1. The van der Waals surface area contributed by atoms with E-state index in [0.717, 1.165) is 26.3 Å². The van der Waals surface area contributed by atoms with E-state index < -0.39 is 0 Å². The predicted octanol–water partition coefficient (Wildman–Crippen LogP) is 3.34. The van der Waals surface area contributed by atoms with E-state index in [-0.39, 0.29) is 0 Å². The van der Waals surface area contributed by atoms with E-state index in [1.165, 1.54) is 22.3 Å². The number of benzene rings is 2. The van der Waals surface area contributed by atoms with Crippen LogP contribution in [0.3, 0.4) is 0 Å². The molecule has 1 aliphatic heterocycles. The summed E-state index contributed by atoms with van der Waals surface area (Å²) in [5.74, 6) is 0. The Bertz CT molecular complexity index is 631. The summed E-state index contributed by atoms with van der Waals surface area (Å²) in [5.41, 5.74) is 5.33. The van der Waals surface area contributed by atoms with Gasteiger partial charge < -0.3 is 4.74 Å². The third kappa shape index (κ3) is 2.66. The summed E-state index contributed by atoms with van der Waals surface area (Å²) in [6.45, 7) is 5.46. The molecule has 2 aromatic rings. The fraction of sp³-hybridized carbons (Fsp3) is 0.278. The molecular formula is C18H20NO+. The first-order chi connectivity index (χ1) is 9.88. The first-order valence-corrected chi connectivity index (χ1v) is 7.22. The van der Waals surface area contributed by atoms with Gasteiger partial charge in [-0.2, -0.15) is 0 Å². The minimum atomic E-state index is 0.775. The molecule has 2 nitrogen and oxygen atoms in total. The van der Waals surface area contributed by atoms with Gasteiger partial charge >= 0.3 is 0 Å². The number of nitrogens with zero attached hydrogens (tertiary/aromatic N) is 1. The molecular weight excluding hydrogens is 246 g/mol. The molecule has 0 saturated heterocycles. The Kier molecular flexibility index (Phi) is 3.93. The number of hydrogen-bond acceptors (Lipinski definition) is 1. The lowest BCUT2D eigenvalue weighted by molar-refractivity contribution is -0.541. The summed E-state index contributed by atoms with van der Waals surface area (Å²) in [6.07, 6.45) is 2.26. The van der Waals surface area contributed by atoms with Crippen molar-refractivity contribution in [2.75, 3.05) is 19.8 Å². The minimum Gasteiger partial charge on any atom is -0.375 e.